The van der Waals surface area contributed by atoms with Crippen molar-refractivity contribution in [1.82, 2.24) is 0 Å². The Hall–Kier alpha value is -0.160. The molecule has 4 aromatic rings. The van der Waals surface area contributed by atoms with Crippen LogP contribution in [0.15, 0.2) is 54.3 Å². The predicted octanol–water partition coefficient (Wildman–Crippen LogP) is 7.63. The minimum Gasteiger partial charge on any atom is -0.0532 e. The molecule has 20 heavy (non-hydrogen) atoms. The molecule has 0 bridgehead atoms. The summed E-state index contributed by atoms with van der Waals surface area (Å²) >= 11 is 14.7. The number of benzene rings is 4. The molecule has 0 amide bonds. The summed E-state index contributed by atoms with van der Waals surface area (Å²) in [6.45, 7) is 0. The van der Waals surface area contributed by atoms with Gasteiger partial charge in [-0.1, -0.05) is 81.9 Å². The minimum absolute atomic E-state index is 1.10. The third-order valence-corrected chi connectivity index (χ3v) is 6.28. The first-order valence-electron chi connectivity index (χ1n) is 5.98. The van der Waals surface area contributed by atoms with E-state index < -0.39 is 0 Å². The van der Waals surface area contributed by atoms with Crippen molar-refractivity contribution in [2.45, 2.75) is 0 Å². The average molecular weight is 518 g/mol. The Kier molecular flexibility index (Phi) is 3.15. The minimum atomic E-state index is 1.10. The fourth-order valence-corrected chi connectivity index (χ4v) is 5.73. The third kappa shape index (κ3) is 1.75. The lowest BCUT2D eigenvalue weighted by atomic mass is 9.94. The first kappa shape index (κ1) is 13.5. The van der Waals surface area contributed by atoms with Gasteiger partial charge in [-0.25, -0.2) is 0 Å². The summed E-state index contributed by atoms with van der Waals surface area (Å²) in [5, 5.41) is 7.54. The molecular formula is C16H6Br4. The zero-order valence-corrected chi connectivity index (χ0v) is 16.3. The highest BCUT2D eigenvalue weighted by Gasteiger charge is 2.16. The van der Waals surface area contributed by atoms with Gasteiger partial charge in [-0.15, -0.1) is 0 Å². The second-order valence-corrected chi connectivity index (χ2v) is 8.17. The lowest BCUT2D eigenvalue weighted by molar-refractivity contribution is 1.68. The maximum Gasteiger partial charge on any atom is 0.0276 e. The molecule has 0 aliphatic rings. The number of rotatable bonds is 0. The fraction of sp³-hybridized carbons (Fsp3) is 0. The van der Waals surface area contributed by atoms with Crippen molar-refractivity contribution < 1.29 is 0 Å². The van der Waals surface area contributed by atoms with Crippen LogP contribution in [0.1, 0.15) is 0 Å². The number of hydrogen-bond donors (Lipinski definition) is 0. The molecule has 0 saturated carbocycles. The van der Waals surface area contributed by atoms with E-state index in [1.165, 1.54) is 32.3 Å². The van der Waals surface area contributed by atoms with Crippen molar-refractivity contribution in [3.63, 3.8) is 0 Å². The van der Waals surface area contributed by atoms with Crippen molar-refractivity contribution >= 4 is 96.0 Å². The summed E-state index contributed by atoms with van der Waals surface area (Å²) in [6.07, 6.45) is 0. The molecule has 4 heteroatoms. The van der Waals surface area contributed by atoms with E-state index in [0.717, 1.165) is 17.9 Å². The van der Waals surface area contributed by atoms with Crippen LogP contribution in [0, 0.1) is 0 Å². The topological polar surface area (TPSA) is 0 Å². The molecule has 98 valence electrons. The van der Waals surface area contributed by atoms with E-state index in [0.29, 0.717) is 0 Å². The van der Waals surface area contributed by atoms with Gasteiger partial charge in [-0.05, 0) is 39.7 Å². The zero-order chi connectivity index (χ0) is 14.0. The molecule has 0 aliphatic carbocycles. The summed E-state index contributed by atoms with van der Waals surface area (Å²) in [6, 6.07) is 12.9. The Bertz CT molecular complexity index is 988. The van der Waals surface area contributed by atoms with Gasteiger partial charge in [0.2, 0.25) is 0 Å². The largest absolute Gasteiger partial charge is 0.0532 e. The van der Waals surface area contributed by atoms with Gasteiger partial charge in [0.15, 0.2) is 0 Å². The lowest BCUT2D eigenvalue weighted by Crippen LogP contribution is -1.88. The van der Waals surface area contributed by atoms with Crippen molar-refractivity contribution in [2.24, 2.45) is 0 Å². The van der Waals surface area contributed by atoms with E-state index in [1.807, 2.05) is 0 Å². The van der Waals surface area contributed by atoms with Gasteiger partial charge < -0.3 is 0 Å². The van der Waals surface area contributed by atoms with Crippen LogP contribution in [-0.2, 0) is 0 Å². The van der Waals surface area contributed by atoms with Gasteiger partial charge in [0.1, 0.15) is 0 Å². The molecular weight excluding hydrogens is 512 g/mol. The molecule has 4 rings (SSSR count). The van der Waals surface area contributed by atoms with Crippen LogP contribution in [0.2, 0.25) is 0 Å². The smallest absolute Gasteiger partial charge is 0.0276 e. The lowest BCUT2D eigenvalue weighted by Gasteiger charge is -2.15. The highest BCUT2D eigenvalue weighted by Crippen LogP contribution is 2.45. The quantitative estimate of drug-likeness (QED) is 0.210. The predicted molar refractivity (Wildman–Crippen MR) is 101 cm³/mol. The SMILES string of the molecule is Brc1ccc2cc(Br)c3c(Br)cc(Br)c4ccc1c2c43. The van der Waals surface area contributed by atoms with Gasteiger partial charge in [-0.3, -0.25) is 0 Å². The van der Waals surface area contributed by atoms with Crippen molar-refractivity contribution in [1.29, 1.82) is 0 Å². The van der Waals surface area contributed by atoms with Crippen molar-refractivity contribution in [2.75, 3.05) is 0 Å². The van der Waals surface area contributed by atoms with E-state index in [-0.39, 0.29) is 0 Å². The van der Waals surface area contributed by atoms with Crippen molar-refractivity contribution in [3.05, 3.63) is 54.3 Å². The van der Waals surface area contributed by atoms with Crippen molar-refractivity contribution in [3.8, 4) is 0 Å². The second-order valence-electron chi connectivity index (χ2n) is 4.75. The monoisotopic (exact) mass is 514 g/mol. The summed E-state index contributed by atoms with van der Waals surface area (Å²) in [7, 11) is 0. The molecule has 0 aromatic heterocycles. The first-order valence-corrected chi connectivity index (χ1v) is 9.15. The molecule has 0 nitrogen and oxygen atoms in total. The second kappa shape index (κ2) is 4.67. The van der Waals surface area contributed by atoms with Gasteiger partial charge in [-0.2, -0.15) is 0 Å². The third-order valence-electron chi connectivity index (χ3n) is 3.68. The van der Waals surface area contributed by atoms with E-state index in [2.05, 4.69) is 100 Å². The van der Waals surface area contributed by atoms with E-state index in [1.54, 1.807) is 0 Å². The highest BCUT2D eigenvalue weighted by molar-refractivity contribution is 9.11. The molecule has 0 heterocycles. The van der Waals surface area contributed by atoms with E-state index in [9.17, 15) is 0 Å². The molecule has 0 unspecified atom stereocenters. The van der Waals surface area contributed by atoms with Gasteiger partial charge in [0.05, 0.1) is 0 Å². The van der Waals surface area contributed by atoms with Gasteiger partial charge in [0, 0.05) is 28.7 Å². The van der Waals surface area contributed by atoms with Crippen LogP contribution in [0.3, 0.4) is 0 Å². The van der Waals surface area contributed by atoms with Crippen LogP contribution in [0.25, 0.3) is 32.3 Å². The zero-order valence-electron chi connectivity index (χ0n) is 9.98. The molecule has 0 saturated heterocycles. The fourth-order valence-electron chi connectivity index (χ4n) is 2.84. The Morgan fingerprint density at radius 3 is 1.90 bits per heavy atom. The van der Waals surface area contributed by atoms with Crippen LogP contribution < -0.4 is 0 Å². The maximum absolute atomic E-state index is 3.71. The van der Waals surface area contributed by atoms with E-state index in [4.69, 9.17) is 0 Å². The molecule has 0 aliphatic heterocycles. The summed E-state index contributed by atoms with van der Waals surface area (Å²) < 4.78 is 4.45. The van der Waals surface area contributed by atoms with Crippen LogP contribution in [0.4, 0.5) is 0 Å². The maximum atomic E-state index is 3.71. The normalized spacial score (nSPS) is 12.0. The summed E-state index contributed by atoms with van der Waals surface area (Å²) in [4.78, 5) is 0. The molecule has 4 aromatic carbocycles. The summed E-state index contributed by atoms with van der Waals surface area (Å²) in [5.74, 6) is 0. The molecule has 0 radical (unpaired) electrons. The van der Waals surface area contributed by atoms with Crippen LogP contribution in [0.5, 0.6) is 0 Å². The molecule has 0 N–H and O–H groups in total. The Balaban J connectivity index is 2.49. The number of halogens is 4. The van der Waals surface area contributed by atoms with E-state index >= 15 is 0 Å². The highest BCUT2D eigenvalue weighted by atomic mass is 79.9. The molecule has 0 atom stereocenters. The summed E-state index contributed by atoms with van der Waals surface area (Å²) in [5.41, 5.74) is 0. The molecule has 0 spiro atoms. The first-order chi connectivity index (χ1) is 9.58. The Labute approximate surface area is 149 Å². The Morgan fingerprint density at radius 2 is 1.15 bits per heavy atom. The van der Waals surface area contributed by atoms with Crippen LogP contribution >= 0.6 is 63.7 Å². The van der Waals surface area contributed by atoms with Gasteiger partial charge in [0.25, 0.3) is 0 Å². The standard InChI is InChI=1S/C16H6Br4/c17-10-4-1-7-5-12(19)16-13(20)6-11(18)9-3-2-8(10)14(7)15(9)16/h1-6H. The van der Waals surface area contributed by atoms with Gasteiger partial charge >= 0.3 is 0 Å². The average Bonchev–Trinajstić information content (AvgIpc) is 2.41. The Morgan fingerprint density at radius 1 is 0.500 bits per heavy atom. The number of hydrogen-bond acceptors (Lipinski definition) is 0. The molecule has 0 fully saturated rings. The van der Waals surface area contributed by atoms with Crippen LogP contribution in [-0.4, -0.2) is 0 Å².